The smallest absolute Gasteiger partial charge is 0.265 e. The molecule has 112 valence electrons. The first kappa shape index (κ1) is 16.4. The van der Waals surface area contributed by atoms with E-state index in [9.17, 15) is 8.42 Å². The molecule has 0 radical (unpaired) electrons. The quantitative estimate of drug-likeness (QED) is 0.773. The van der Waals surface area contributed by atoms with Crippen LogP contribution in [0.2, 0.25) is 10.2 Å². The number of halogens is 3. The number of benzene rings is 1. The number of rotatable bonds is 4. The van der Waals surface area contributed by atoms with Crippen LogP contribution < -0.4 is 9.46 Å². The summed E-state index contributed by atoms with van der Waals surface area (Å²) in [6.45, 7) is 0. The van der Waals surface area contributed by atoms with Crippen molar-refractivity contribution in [3.05, 3.63) is 45.1 Å². The Kier molecular flexibility index (Phi) is 4.98. The molecule has 0 fully saturated rings. The summed E-state index contributed by atoms with van der Waals surface area (Å²) in [7, 11) is -2.47. The summed E-state index contributed by atoms with van der Waals surface area (Å²) in [5, 5.41) is 0.615. The Morgan fingerprint density at radius 1 is 1.29 bits per heavy atom. The number of methoxy groups -OCH3 is 1. The fourth-order valence-electron chi connectivity index (χ4n) is 1.55. The van der Waals surface area contributed by atoms with Gasteiger partial charge in [-0.1, -0.05) is 23.2 Å². The van der Waals surface area contributed by atoms with E-state index in [1.54, 1.807) is 0 Å². The molecule has 0 aliphatic rings. The minimum absolute atomic E-state index is 0.0273. The van der Waals surface area contributed by atoms with E-state index in [2.05, 4.69) is 25.6 Å². The lowest BCUT2D eigenvalue weighted by molar-refractivity contribution is 0.403. The molecule has 21 heavy (non-hydrogen) atoms. The Morgan fingerprint density at radius 3 is 2.62 bits per heavy atom. The van der Waals surface area contributed by atoms with Crippen LogP contribution in [0.4, 0.5) is 5.69 Å². The van der Waals surface area contributed by atoms with Crippen LogP contribution in [0.3, 0.4) is 0 Å². The zero-order valence-corrected chi connectivity index (χ0v) is 14.5. The van der Waals surface area contributed by atoms with Gasteiger partial charge in [-0.05, 0) is 34.1 Å². The molecule has 1 heterocycles. The zero-order chi connectivity index (χ0) is 15.6. The Hall–Kier alpha value is -1.02. The Morgan fingerprint density at radius 2 is 2.00 bits per heavy atom. The predicted molar refractivity (Wildman–Crippen MR) is 85.8 cm³/mol. The first-order chi connectivity index (χ1) is 9.83. The fraction of sp³-hybridized carbons (Fsp3) is 0.0833. The minimum Gasteiger partial charge on any atom is -0.495 e. The van der Waals surface area contributed by atoms with Gasteiger partial charge in [0.25, 0.3) is 10.0 Å². The third-order valence-corrected chi connectivity index (χ3v) is 5.25. The topological polar surface area (TPSA) is 68.3 Å². The molecule has 0 amide bonds. The van der Waals surface area contributed by atoms with Crippen molar-refractivity contribution >= 4 is 54.8 Å². The molecule has 0 saturated heterocycles. The van der Waals surface area contributed by atoms with Crippen LogP contribution in [0.25, 0.3) is 0 Å². The molecule has 2 aromatic rings. The van der Waals surface area contributed by atoms with E-state index in [1.807, 2.05) is 0 Å². The lowest BCUT2D eigenvalue weighted by Gasteiger charge is -2.12. The van der Waals surface area contributed by atoms with Crippen LogP contribution >= 0.6 is 39.1 Å². The maximum atomic E-state index is 12.4. The summed E-state index contributed by atoms with van der Waals surface area (Å²) in [5.41, 5.74) is 0.267. The average molecular weight is 412 g/mol. The molecule has 2 rings (SSSR count). The maximum absolute atomic E-state index is 12.4. The van der Waals surface area contributed by atoms with E-state index in [0.717, 1.165) is 0 Å². The van der Waals surface area contributed by atoms with Crippen LogP contribution in [0.1, 0.15) is 0 Å². The molecule has 5 nitrogen and oxygen atoms in total. The number of nitrogens with one attached hydrogen (secondary N) is 1. The van der Waals surface area contributed by atoms with E-state index >= 15 is 0 Å². The highest BCUT2D eigenvalue weighted by Crippen LogP contribution is 2.30. The van der Waals surface area contributed by atoms with E-state index < -0.39 is 10.0 Å². The fourth-order valence-corrected chi connectivity index (χ4v) is 3.35. The van der Waals surface area contributed by atoms with Gasteiger partial charge in [-0.15, -0.1) is 0 Å². The second-order valence-corrected chi connectivity index (χ2v) is 7.20. The average Bonchev–Trinajstić information content (AvgIpc) is 2.42. The van der Waals surface area contributed by atoms with Crippen molar-refractivity contribution in [2.24, 2.45) is 0 Å². The molecule has 0 bridgehead atoms. The van der Waals surface area contributed by atoms with E-state index in [-0.39, 0.29) is 21.5 Å². The number of ether oxygens (including phenoxy) is 1. The number of aromatic nitrogens is 1. The van der Waals surface area contributed by atoms with Crippen molar-refractivity contribution in [2.75, 3.05) is 11.8 Å². The second kappa shape index (κ2) is 6.39. The lowest BCUT2D eigenvalue weighted by Crippen LogP contribution is -2.14. The molecule has 0 atom stereocenters. The van der Waals surface area contributed by atoms with Crippen LogP contribution in [0.5, 0.6) is 5.75 Å². The number of hydrogen-bond donors (Lipinski definition) is 1. The first-order valence-electron chi connectivity index (χ1n) is 5.51. The van der Waals surface area contributed by atoms with Gasteiger partial charge in [-0.25, -0.2) is 13.4 Å². The van der Waals surface area contributed by atoms with Gasteiger partial charge >= 0.3 is 0 Å². The monoisotopic (exact) mass is 410 g/mol. The van der Waals surface area contributed by atoms with Gasteiger partial charge < -0.3 is 4.74 Å². The summed E-state index contributed by atoms with van der Waals surface area (Å²) in [5.74, 6) is 0.149. The van der Waals surface area contributed by atoms with Gasteiger partial charge in [0, 0.05) is 11.1 Å². The Balaban J connectivity index is 2.40. The molecule has 0 unspecified atom stereocenters. The Labute approximate surface area is 140 Å². The van der Waals surface area contributed by atoms with Crippen LogP contribution in [-0.4, -0.2) is 20.5 Å². The third kappa shape index (κ3) is 3.79. The highest BCUT2D eigenvalue weighted by atomic mass is 79.9. The van der Waals surface area contributed by atoms with Crippen molar-refractivity contribution in [1.82, 2.24) is 4.98 Å². The SMILES string of the molecule is COc1cc(Cl)ccc1S(=O)(=O)Nc1cnc(Cl)c(Br)c1. The van der Waals surface area contributed by atoms with Gasteiger partial charge in [0.2, 0.25) is 0 Å². The molecule has 0 aliphatic heterocycles. The number of anilines is 1. The van der Waals surface area contributed by atoms with Crippen molar-refractivity contribution in [1.29, 1.82) is 0 Å². The zero-order valence-electron chi connectivity index (χ0n) is 10.6. The van der Waals surface area contributed by atoms with Gasteiger partial charge in [0.05, 0.1) is 23.5 Å². The standard InChI is InChI=1S/C12H9BrCl2N2O3S/c1-20-10-4-7(14)2-3-11(10)21(18,19)17-8-5-9(13)12(15)16-6-8/h2-6,17H,1H3. The van der Waals surface area contributed by atoms with Crippen molar-refractivity contribution in [2.45, 2.75) is 4.90 Å². The largest absolute Gasteiger partial charge is 0.495 e. The Bertz CT molecular complexity index is 784. The van der Waals surface area contributed by atoms with Crippen molar-refractivity contribution in [3.63, 3.8) is 0 Å². The molecular formula is C12H9BrCl2N2O3S. The van der Waals surface area contributed by atoms with Gasteiger partial charge in [0.15, 0.2) is 0 Å². The van der Waals surface area contributed by atoms with Gasteiger partial charge in [-0.2, -0.15) is 0 Å². The van der Waals surface area contributed by atoms with E-state index in [4.69, 9.17) is 27.9 Å². The second-order valence-electron chi connectivity index (χ2n) is 3.90. The number of sulfonamides is 1. The number of pyridine rings is 1. The van der Waals surface area contributed by atoms with E-state index in [0.29, 0.717) is 9.50 Å². The third-order valence-electron chi connectivity index (χ3n) is 2.46. The highest BCUT2D eigenvalue weighted by molar-refractivity contribution is 9.10. The van der Waals surface area contributed by atoms with E-state index in [1.165, 1.54) is 37.6 Å². The molecule has 1 N–H and O–H groups in total. The molecule has 0 aliphatic carbocycles. The van der Waals surface area contributed by atoms with Crippen LogP contribution in [-0.2, 0) is 10.0 Å². The summed E-state index contributed by atoms with van der Waals surface area (Å²) >= 11 is 14.8. The van der Waals surface area contributed by atoms with Gasteiger partial charge in [0.1, 0.15) is 15.8 Å². The highest BCUT2D eigenvalue weighted by Gasteiger charge is 2.20. The van der Waals surface area contributed by atoms with Crippen molar-refractivity contribution in [3.8, 4) is 5.75 Å². The maximum Gasteiger partial charge on any atom is 0.265 e. The summed E-state index contributed by atoms with van der Waals surface area (Å²) in [6.07, 6.45) is 1.31. The molecule has 1 aromatic carbocycles. The summed E-state index contributed by atoms with van der Waals surface area (Å²) in [6, 6.07) is 5.76. The normalized spacial score (nSPS) is 11.2. The van der Waals surface area contributed by atoms with Crippen LogP contribution in [0, 0.1) is 0 Å². The van der Waals surface area contributed by atoms with Crippen molar-refractivity contribution < 1.29 is 13.2 Å². The van der Waals surface area contributed by atoms with Crippen LogP contribution in [0.15, 0.2) is 39.8 Å². The molecule has 1 aromatic heterocycles. The minimum atomic E-state index is -3.84. The first-order valence-corrected chi connectivity index (χ1v) is 8.54. The lowest BCUT2D eigenvalue weighted by atomic mass is 10.3. The van der Waals surface area contributed by atoms with Gasteiger partial charge in [-0.3, -0.25) is 4.72 Å². The summed E-state index contributed by atoms with van der Waals surface area (Å²) in [4.78, 5) is 3.83. The number of nitrogens with zero attached hydrogens (tertiary/aromatic N) is 1. The number of hydrogen-bond acceptors (Lipinski definition) is 4. The molecule has 9 heteroatoms. The molecule has 0 saturated carbocycles. The predicted octanol–water partition coefficient (Wildman–Crippen LogP) is 3.96. The molecular weight excluding hydrogens is 403 g/mol. The summed E-state index contributed by atoms with van der Waals surface area (Å²) < 4.78 is 32.7. The molecule has 0 spiro atoms.